The van der Waals surface area contributed by atoms with Gasteiger partial charge in [-0.1, -0.05) is 12.1 Å². The van der Waals surface area contributed by atoms with Crippen LogP contribution in [0.15, 0.2) is 29.5 Å². The van der Waals surface area contributed by atoms with E-state index in [4.69, 9.17) is 0 Å². The highest BCUT2D eigenvalue weighted by Gasteiger charge is 2.29. The summed E-state index contributed by atoms with van der Waals surface area (Å²) in [6, 6.07) is 6.22. The highest BCUT2D eigenvalue weighted by atomic mass is 32.1. The largest absolute Gasteiger partial charge is 0.393 e. The van der Waals surface area contributed by atoms with Crippen molar-refractivity contribution in [3.63, 3.8) is 0 Å². The van der Waals surface area contributed by atoms with E-state index in [1.165, 1.54) is 28.6 Å². The SMILES string of the molecule is Cc1c(CN2CCC(Nc3ncnc4sc(CC(F)(F)F)cc34)CC2)ccc2c1C=NC2. The Hall–Kier alpha value is -2.52. The maximum absolute atomic E-state index is 12.8. The summed E-state index contributed by atoms with van der Waals surface area (Å²) in [5, 5.41) is 4.14. The zero-order chi connectivity index (χ0) is 22.3. The molecule has 0 atom stereocenters. The zero-order valence-electron chi connectivity index (χ0n) is 17.7. The molecule has 1 fully saturated rings. The molecular weight excluding hydrogens is 435 g/mol. The minimum atomic E-state index is -4.22. The molecule has 0 spiro atoms. The molecule has 0 radical (unpaired) electrons. The van der Waals surface area contributed by atoms with Crippen LogP contribution in [0.4, 0.5) is 19.0 Å². The summed E-state index contributed by atoms with van der Waals surface area (Å²) in [6.45, 7) is 5.79. The van der Waals surface area contributed by atoms with Crippen LogP contribution in [-0.4, -0.2) is 46.4 Å². The van der Waals surface area contributed by atoms with Gasteiger partial charge in [-0.2, -0.15) is 13.2 Å². The molecule has 0 amide bonds. The summed E-state index contributed by atoms with van der Waals surface area (Å²) in [5.74, 6) is 0.631. The van der Waals surface area contributed by atoms with Crippen LogP contribution in [0.3, 0.4) is 0 Å². The van der Waals surface area contributed by atoms with E-state index in [1.54, 1.807) is 6.07 Å². The van der Waals surface area contributed by atoms with Gasteiger partial charge in [0, 0.05) is 42.3 Å². The summed E-state index contributed by atoms with van der Waals surface area (Å²) in [7, 11) is 0. The summed E-state index contributed by atoms with van der Waals surface area (Å²) in [6.07, 6.45) is 0.163. The molecule has 2 aromatic heterocycles. The van der Waals surface area contributed by atoms with E-state index in [1.807, 2.05) is 6.21 Å². The van der Waals surface area contributed by atoms with Gasteiger partial charge in [-0.25, -0.2) is 9.97 Å². The lowest BCUT2D eigenvalue weighted by molar-refractivity contribution is -0.126. The molecule has 1 N–H and O–H groups in total. The predicted molar refractivity (Wildman–Crippen MR) is 122 cm³/mol. The van der Waals surface area contributed by atoms with Gasteiger partial charge in [0.15, 0.2) is 0 Å². The van der Waals surface area contributed by atoms with Gasteiger partial charge in [0.2, 0.25) is 0 Å². The normalized spacial score (nSPS) is 17.2. The summed E-state index contributed by atoms with van der Waals surface area (Å²) >= 11 is 1.08. The van der Waals surface area contributed by atoms with Gasteiger partial charge in [0.1, 0.15) is 17.0 Å². The number of alkyl halides is 3. The number of piperidine rings is 1. The van der Waals surface area contributed by atoms with Crippen LogP contribution in [0.5, 0.6) is 0 Å². The first-order chi connectivity index (χ1) is 15.4. The van der Waals surface area contributed by atoms with Gasteiger partial charge in [0.25, 0.3) is 0 Å². The molecular formula is C23H24F3N5S. The number of thiophene rings is 1. The minimum absolute atomic E-state index is 0.239. The van der Waals surface area contributed by atoms with Crippen LogP contribution >= 0.6 is 11.3 Å². The lowest BCUT2D eigenvalue weighted by Gasteiger charge is -2.33. The number of hydrogen-bond donors (Lipinski definition) is 1. The van der Waals surface area contributed by atoms with Gasteiger partial charge >= 0.3 is 6.18 Å². The van der Waals surface area contributed by atoms with Crippen LogP contribution < -0.4 is 5.32 Å². The third kappa shape index (κ3) is 4.49. The number of halogens is 3. The van der Waals surface area contributed by atoms with Gasteiger partial charge < -0.3 is 5.32 Å². The molecule has 1 saturated heterocycles. The standard InChI is InChI=1S/C23H24F3N5S/c1-14-16(3-2-15-10-27-11-20(14)15)12-31-6-4-17(5-7-31)30-21-19-8-18(9-23(24,25)26)32-22(19)29-13-28-21/h2-3,8,11,13,17H,4-7,9-10,12H2,1H3,(H,28,29,30). The average Bonchev–Trinajstić information content (AvgIpc) is 3.37. The lowest BCUT2D eigenvalue weighted by Crippen LogP contribution is -2.39. The first-order valence-corrected chi connectivity index (χ1v) is 11.6. The van der Waals surface area contributed by atoms with Crippen molar-refractivity contribution in [1.82, 2.24) is 14.9 Å². The van der Waals surface area contributed by atoms with E-state index < -0.39 is 12.6 Å². The molecule has 9 heteroatoms. The Morgan fingerprint density at radius 1 is 1.19 bits per heavy atom. The highest BCUT2D eigenvalue weighted by Crippen LogP contribution is 2.33. The smallest absolute Gasteiger partial charge is 0.367 e. The second kappa shape index (κ2) is 8.44. The fourth-order valence-corrected chi connectivity index (χ4v) is 5.56. The predicted octanol–water partition coefficient (Wildman–Crippen LogP) is 5.11. The summed E-state index contributed by atoms with van der Waals surface area (Å²) < 4.78 is 38.3. The van der Waals surface area contributed by atoms with E-state index >= 15 is 0 Å². The maximum Gasteiger partial charge on any atom is 0.393 e. The number of aliphatic imine (C=N–C) groups is 1. The van der Waals surface area contributed by atoms with Crippen molar-refractivity contribution < 1.29 is 13.2 Å². The minimum Gasteiger partial charge on any atom is -0.367 e. The number of aromatic nitrogens is 2. The molecule has 0 unspecified atom stereocenters. The number of anilines is 1. The number of rotatable bonds is 5. The van der Waals surface area contributed by atoms with E-state index in [0.29, 0.717) is 16.0 Å². The molecule has 0 aliphatic carbocycles. The molecule has 168 valence electrons. The van der Waals surface area contributed by atoms with Crippen LogP contribution in [0.25, 0.3) is 10.2 Å². The second-order valence-corrected chi connectivity index (χ2v) is 9.65. The van der Waals surface area contributed by atoms with Crippen LogP contribution in [0, 0.1) is 6.92 Å². The van der Waals surface area contributed by atoms with E-state index in [-0.39, 0.29) is 10.9 Å². The summed E-state index contributed by atoms with van der Waals surface area (Å²) in [5.41, 5.74) is 5.24. The molecule has 5 nitrogen and oxygen atoms in total. The first kappa shape index (κ1) is 21.3. The summed E-state index contributed by atoms with van der Waals surface area (Å²) in [4.78, 5) is 16.2. The Balaban J connectivity index is 1.22. The maximum atomic E-state index is 12.8. The highest BCUT2D eigenvalue weighted by molar-refractivity contribution is 7.18. The van der Waals surface area contributed by atoms with Crippen LogP contribution in [0.2, 0.25) is 0 Å². The zero-order valence-corrected chi connectivity index (χ0v) is 18.6. The number of likely N-dealkylation sites (tertiary alicyclic amines) is 1. The quantitative estimate of drug-likeness (QED) is 0.576. The average molecular weight is 460 g/mol. The van der Waals surface area contributed by atoms with Gasteiger partial charge in [-0.3, -0.25) is 9.89 Å². The Morgan fingerprint density at radius 2 is 2.00 bits per heavy atom. The molecule has 3 aromatic rings. The van der Waals surface area contributed by atoms with E-state index in [2.05, 4.69) is 44.2 Å². The number of hydrogen-bond acceptors (Lipinski definition) is 6. The second-order valence-electron chi connectivity index (χ2n) is 8.53. The Kier molecular flexibility index (Phi) is 5.63. The molecule has 0 bridgehead atoms. The number of benzene rings is 1. The van der Waals surface area contributed by atoms with Crippen molar-refractivity contribution in [2.24, 2.45) is 4.99 Å². The third-order valence-corrected chi connectivity index (χ3v) is 7.32. The molecule has 4 heterocycles. The fourth-order valence-electron chi connectivity index (χ4n) is 4.53. The molecule has 2 aliphatic heterocycles. The van der Waals surface area contributed by atoms with Crippen LogP contribution in [0.1, 0.15) is 40.0 Å². The lowest BCUT2D eigenvalue weighted by atomic mass is 9.97. The monoisotopic (exact) mass is 459 g/mol. The Morgan fingerprint density at radius 3 is 2.78 bits per heavy atom. The molecule has 1 aromatic carbocycles. The Bertz CT molecular complexity index is 1160. The number of nitrogens with one attached hydrogen (secondary N) is 1. The molecule has 32 heavy (non-hydrogen) atoms. The molecule has 0 saturated carbocycles. The first-order valence-electron chi connectivity index (χ1n) is 10.8. The van der Waals surface area contributed by atoms with Crippen molar-refractivity contribution in [3.05, 3.63) is 51.7 Å². The Labute approximate surface area is 188 Å². The van der Waals surface area contributed by atoms with Crippen molar-refractivity contribution in [2.45, 2.75) is 51.5 Å². The van der Waals surface area contributed by atoms with Gasteiger partial charge in [0.05, 0.1) is 18.4 Å². The van der Waals surface area contributed by atoms with Crippen molar-refractivity contribution in [1.29, 1.82) is 0 Å². The van der Waals surface area contributed by atoms with Crippen LogP contribution in [-0.2, 0) is 19.5 Å². The fraction of sp³-hybridized carbons (Fsp3) is 0.435. The molecule has 5 rings (SSSR count). The van der Waals surface area contributed by atoms with Crippen molar-refractivity contribution >= 4 is 33.6 Å². The van der Waals surface area contributed by atoms with Crippen molar-refractivity contribution in [3.8, 4) is 0 Å². The third-order valence-electron chi connectivity index (χ3n) is 6.28. The van der Waals surface area contributed by atoms with E-state index in [0.717, 1.165) is 50.4 Å². The van der Waals surface area contributed by atoms with Gasteiger partial charge in [-0.15, -0.1) is 11.3 Å². The molecule has 2 aliphatic rings. The number of nitrogens with zero attached hydrogens (tertiary/aromatic N) is 4. The van der Waals surface area contributed by atoms with E-state index in [9.17, 15) is 13.2 Å². The topological polar surface area (TPSA) is 53.4 Å². The number of fused-ring (bicyclic) bond motifs is 2. The van der Waals surface area contributed by atoms with Crippen molar-refractivity contribution in [2.75, 3.05) is 18.4 Å². The van der Waals surface area contributed by atoms with Gasteiger partial charge in [-0.05, 0) is 42.5 Å².